The number of benzene rings is 2. The van der Waals surface area contributed by atoms with Gasteiger partial charge in [-0.2, -0.15) is 0 Å². The smallest absolute Gasteiger partial charge is 0.240 e. The third kappa shape index (κ3) is 5.29. The lowest BCUT2D eigenvalue weighted by molar-refractivity contribution is -0.116. The number of hydrogen-bond acceptors (Lipinski definition) is 3. The van der Waals surface area contributed by atoms with Gasteiger partial charge in [0.25, 0.3) is 0 Å². The molecular weight excluding hydrogens is 427 g/mol. The van der Waals surface area contributed by atoms with Crippen LogP contribution in [0.4, 0.5) is 5.69 Å². The predicted molar refractivity (Wildman–Crippen MR) is 98.8 cm³/mol. The van der Waals surface area contributed by atoms with Gasteiger partial charge in [0.2, 0.25) is 15.9 Å². The van der Waals surface area contributed by atoms with E-state index in [2.05, 4.69) is 32.6 Å². The van der Waals surface area contributed by atoms with Crippen molar-refractivity contribution in [3.8, 4) is 0 Å². The molecule has 5 nitrogen and oxygen atoms in total. The number of sulfonamides is 1. The Morgan fingerprint density at radius 2 is 1.83 bits per heavy atom. The van der Waals surface area contributed by atoms with Crippen LogP contribution in [-0.4, -0.2) is 20.9 Å². The highest BCUT2D eigenvalue weighted by Crippen LogP contribution is 2.17. The van der Waals surface area contributed by atoms with E-state index in [1.807, 2.05) is 25.1 Å². The zero-order valence-corrected chi connectivity index (χ0v) is 15.5. The minimum Gasteiger partial charge on any atom is -0.326 e. The molecule has 7 heteroatoms. The first-order valence-corrected chi connectivity index (χ1v) is 9.55. The van der Waals surface area contributed by atoms with Gasteiger partial charge in [-0.1, -0.05) is 24.3 Å². The first-order valence-electron chi connectivity index (χ1n) is 6.99. The predicted octanol–water partition coefficient (Wildman–Crippen LogP) is 2.91. The normalized spacial score (nSPS) is 11.2. The van der Waals surface area contributed by atoms with Gasteiger partial charge in [0, 0.05) is 22.2 Å². The third-order valence-corrected chi connectivity index (χ3v) is 5.79. The molecule has 0 heterocycles. The van der Waals surface area contributed by atoms with Gasteiger partial charge >= 0.3 is 0 Å². The monoisotopic (exact) mass is 444 g/mol. The number of carbonyl (C=O) groups excluding carboxylic acids is 1. The maximum Gasteiger partial charge on any atom is 0.240 e. The molecule has 0 bridgehead atoms. The second kappa shape index (κ2) is 7.89. The van der Waals surface area contributed by atoms with Crippen LogP contribution < -0.4 is 10.0 Å². The number of hydrogen-bond donors (Lipinski definition) is 2. The van der Waals surface area contributed by atoms with E-state index in [1.165, 1.54) is 12.1 Å². The number of nitrogens with one attached hydrogen (secondary N) is 2. The molecule has 0 unspecified atom stereocenters. The Labute approximate surface area is 149 Å². The number of anilines is 1. The summed E-state index contributed by atoms with van der Waals surface area (Å²) in [5.74, 6) is -0.236. The van der Waals surface area contributed by atoms with Crippen LogP contribution in [0.25, 0.3) is 0 Å². The topological polar surface area (TPSA) is 75.3 Å². The van der Waals surface area contributed by atoms with Gasteiger partial charge in [-0.15, -0.1) is 0 Å². The molecule has 122 valence electrons. The number of aryl methyl sites for hydroxylation is 1. The summed E-state index contributed by atoms with van der Waals surface area (Å²) in [4.78, 5) is 12.1. The molecule has 0 spiro atoms. The van der Waals surface area contributed by atoms with Crippen LogP contribution in [0, 0.1) is 10.5 Å². The van der Waals surface area contributed by atoms with Gasteiger partial charge in [-0.25, -0.2) is 13.1 Å². The average molecular weight is 444 g/mol. The van der Waals surface area contributed by atoms with Crippen molar-refractivity contribution >= 4 is 44.2 Å². The molecule has 0 aromatic heterocycles. The van der Waals surface area contributed by atoms with E-state index in [-0.39, 0.29) is 23.8 Å². The summed E-state index contributed by atoms with van der Waals surface area (Å²) >= 11 is 2.20. The van der Waals surface area contributed by atoms with E-state index in [1.54, 1.807) is 18.2 Å². The van der Waals surface area contributed by atoms with E-state index >= 15 is 0 Å². The van der Waals surface area contributed by atoms with Crippen molar-refractivity contribution in [2.45, 2.75) is 18.2 Å². The number of amides is 1. The number of rotatable bonds is 6. The van der Waals surface area contributed by atoms with Crippen LogP contribution in [0.2, 0.25) is 0 Å². The lowest BCUT2D eigenvalue weighted by Crippen LogP contribution is -2.27. The molecule has 0 saturated carbocycles. The van der Waals surface area contributed by atoms with Crippen molar-refractivity contribution < 1.29 is 13.2 Å². The first-order chi connectivity index (χ1) is 10.9. The molecule has 0 radical (unpaired) electrons. The molecule has 0 atom stereocenters. The summed E-state index contributed by atoms with van der Waals surface area (Å²) in [6, 6.07) is 13.7. The van der Waals surface area contributed by atoms with E-state index in [0.717, 1.165) is 9.13 Å². The van der Waals surface area contributed by atoms with E-state index in [9.17, 15) is 13.2 Å². The molecule has 23 heavy (non-hydrogen) atoms. The molecule has 0 aliphatic heterocycles. The zero-order valence-electron chi connectivity index (χ0n) is 12.5. The highest BCUT2D eigenvalue weighted by molar-refractivity contribution is 14.1. The van der Waals surface area contributed by atoms with Crippen LogP contribution in [0.15, 0.2) is 53.4 Å². The largest absolute Gasteiger partial charge is 0.326 e. The minimum atomic E-state index is -3.57. The van der Waals surface area contributed by atoms with Crippen LogP contribution in [0.1, 0.15) is 12.0 Å². The molecular formula is C16H17IN2O3S. The minimum absolute atomic E-state index is 0.0476. The van der Waals surface area contributed by atoms with Gasteiger partial charge in [0.05, 0.1) is 4.90 Å². The van der Waals surface area contributed by atoms with Crippen LogP contribution in [0.5, 0.6) is 0 Å². The molecule has 0 fully saturated rings. The molecule has 2 aromatic rings. The maximum absolute atomic E-state index is 12.0. The molecule has 2 aromatic carbocycles. The van der Waals surface area contributed by atoms with Gasteiger partial charge in [0.15, 0.2) is 0 Å². The summed E-state index contributed by atoms with van der Waals surface area (Å²) in [6.07, 6.45) is 0.0660. The summed E-state index contributed by atoms with van der Waals surface area (Å²) in [6.45, 7) is 2.04. The summed E-state index contributed by atoms with van der Waals surface area (Å²) in [5, 5.41) is 2.76. The van der Waals surface area contributed by atoms with Crippen molar-refractivity contribution in [3.05, 3.63) is 57.7 Å². The van der Waals surface area contributed by atoms with Crippen molar-refractivity contribution in [1.29, 1.82) is 0 Å². The van der Waals surface area contributed by atoms with Gasteiger partial charge in [-0.05, 0) is 59.3 Å². The second-order valence-electron chi connectivity index (χ2n) is 4.97. The highest BCUT2D eigenvalue weighted by Gasteiger charge is 2.13. The van der Waals surface area contributed by atoms with Crippen LogP contribution in [0.3, 0.4) is 0 Å². The van der Waals surface area contributed by atoms with E-state index in [4.69, 9.17) is 0 Å². The Hall–Kier alpha value is -1.45. The fourth-order valence-electron chi connectivity index (χ4n) is 1.88. The number of halogens is 1. The average Bonchev–Trinajstić information content (AvgIpc) is 2.52. The molecule has 0 aliphatic rings. The van der Waals surface area contributed by atoms with Crippen molar-refractivity contribution in [3.63, 3.8) is 0 Å². The highest BCUT2D eigenvalue weighted by atomic mass is 127. The van der Waals surface area contributed by atoms with Crippen LogP contribution in [-0.2, 0) is 14.8 Å². The third-order valence-electron chi connectivity index (χ3n) is 3.15. The standard InChI is InChI=1S/C16H17IN2O3S/c1-12-7-8-13(11-15(12)17)19-16(20)9-10-18-23(21,22)14-5-3-2-4-6-14/h2-8,11,18H,9-10H2,1H3,(H,19,20). The fourth-order valence-corrected chi connectivity index (χ4v) is 3.44. The molecule has 1 amide bonds. The number of carbonyl (C=O) groups is 1. The fraction of sp³-hybridized carbons (Fsp3) is 0.188. The Balaban J connectivity index is 1.86. The van der Waals surface area contributed by atoms with E-state index < -0.39 is 10.0 Å². The summed E-state index contributed by atoms with van der Waals surface area (Å²) in [5.41, 5.74) is 1.84. The van der Waals surface area contributed by atoms with Crippen LogP contribution >= 0.6 is 22.6 Å². The van der Waals surface area contributed by atoms with Gasteiger partial charge in [0.1, 0.15) is 0 Å². The van der Waals surface area contributed by atoms with E-state index in [0.29, 0.717) is 5.69 Å². The van der Waals surface area contributed by atoms with Gasteiger partial charge < -0.3 is 5.32 Å². The Bertz CT molecular complexity index is 792. The quantitative estimate of drug-likeness (QED) is 0.673. The molecule has 2 rings (SSSR count). The maximum atomic E-state index is 12.0. The lowest BCUT2D eigenvalue weighted by Gasteiger charge is -2.08. The van der Waals surface area contributed by atoms with Crippen molar-refractivity contribution in [1.82, 2.24) is 4.72 Å². The first kappa shape index (κ1) is 17.9. The Kier molecular flexibility index (Phi) is 6.14. The van der Waals surface area contributed by atoms with Gasteiger partial charge in [-0.3, -0.25) is 4.79 Å². The summed E-state index contributed by atoms with van der Waals surface area (Å²) < 4.78 is 27.5. The van der Waals surface area contributed by atoms with Crippen molar-refractivity contribution in [2.75, 3.05) is 11.9 Å². The summed E-state index contributed by atoms with van der Waals surface area (Å²) in [7, 11) is -3.57. The van der Waals surface area contributed by atoms with Crippen molar-refractivity contribution in [2.24, 2.45) is 0 Å². The lowest BCUT2D eigenvalue weighted by atomic mass is 10.2. The Morgan fingerprint density at radius 3 is 2.48 bits per heavy atom. The zero-order chi connectivity index (χ0) is 16.9. The Morgan fingerprint density at radius 1 is 1.13 bits per heavy atom. The molecule has 2 N–H and O–H groups in total. The second-order valence-corrected chi connectivity index (χ2v) is 7.90. The SMILES string of the molecule is Cc1ccc(NC(=O)CCNS(=O)(=O)c2ccccc2)cc1I. The molecule has 0 aliphatic carbocycles. The molecule has 0 saturated heterocycles.